The fraction of sp³-hybridized carbons (Fsp3) is 0.333. The van der Waals surface area contributed by atoms with E-state index in [9.17, 15) is 4.79 Å². The molecule has 0 bridgehead atoms. The minimum Gasteiger partial charge on any atom is -0.496 e. The lowest BCUT2D eigenvalue weighted by Crippen LogP contribution is -2.24. The van der Waals surface area contributed by atoms with E-state index < -0.39 is 0 Å². The summed E-state index contributed by atoms with van der Waals surface area (Å²) in [6.45, 7) is 2.73. The molecule has 0 amide bonds. The molecule has 0 unspecified atom stereocenters. The lowest BCUT2D eigenvalue weighted by Gasteiger charge is -2.15. The largest absolute Gasteiger partial charge is 0.496 e. The monoisotopic (exact) mass is 296 g/mol. The van der Waals surface area contributed by atoms with Gasteiger partial charge in [0.05, 0.1) is 12.8 Å². The molecule has 0 aliphatic rings. The topological polar surface area (TPSA) is 55.0 Å². The van der Waals surface area contributed by atoms with Crippen LogP contribution in [-0.2, 0) is 6.54 Å². The third kappa shape index (κ3) is 3.20. The molecule has 0 radical (unpaired) electrons. The van der Waals surface area contributed by atoms with Gasteiger partial charge in [0.1, 0.15) is 17.4 Å². The number of rotatable bonds is 6. The Labute approximate surface area is 130 Å². The maximum atomic E-state index is 12.5. The van der Waals surface area contributed by atoms with Gasteiger partial charge in [0.2, 0.25) is 0 Å². The molecule has 1 aromatic carbocycles. The average molecular weight is 296 g/mol. The summed E-state index contributed by atoms with van der Waals surface area (Å²) < 4.78 is 7.08. The summed E-state index contributed by atoms with van der Waals surface area (Å²) in [5.41, 5.74) is 1.60. The highest BCUT2D eigenvalue weighted by atomic mass is 16.5. The molecule has 0 N–H and O–H groups in total. The second-order valence-corrected chi connectivity index (χ2v) is 5.11. The Morgan fingerprint density at radius 2 is 1.95 bits per heavy atom. The first-order chi connectivity index (χ1) is 10.7. The Kier molecular flexibility index (Phi) is 5.37. The molecular formula is C18H20N2O2. The summed E-state index contributed by atoms with van der Waals surface area (Å²) in [6.07, 6.45) is 3.04. The van der Waals surface area contributed by atoms with E-state index in [0.29, 0.717) is 6.54 Å². The maximum Gasteiger partial charge on any atom is 0.268 e. The number of aromatic nitrogens is 1. The third-order valence-electron chi connectivity index (χ3n) is 3.66. The van der Waals surface area contributed by atoms with Crippen molar-refractivity contribution >= 4 is 0 Å². The molecule has 4 heteroatoms. The van der Waals surface area contributed by atoms with Gasteiger partial charge in [0.25, 0.3) is 5.56 Å². The molecule has 2 rings (SSSR count). The van der Waals surface area contributed by atoms with Gasteiger partial charge in [-0.3, -0.25) is 4.79 Å². The summed E-state index contributed by atoms with van der Waals surface area (Å²) >= 11 is 0. The maximum absolute atomic E-state index is 12.5. The molecule has 1 aromatic heterocycles. The first-order valence-corrected chi connectivity index (χ1v) is 7.50. The van der Waals surface area contributed by atoms with Gasteiger partial charge in [-0.2, -0.15) is 5.26 Å². The lowest BCUT2D eigenvalue weighted by molar-refractivity contribution is 0.416. The van der Waals surface area contributed by atoms with Crippen molar-refractivity contribution in [3.63, 3.8) is 0 Å². The van der Waals surface area contributed by atoms with Crippen molar-refractivity contribution in [3.05, 3.63) is 52.3 Å². The fourth-order valence-corrected chi connectivity index (χ4v) is 2.50. The van der Waals surface area contributed by atoms with Crippen LogP contribution in [0.5, 0.6) is 5.75 Å². The number of nitriles is 1. The van der Waals surface area contributed by atoms with Gasteiger partial charge in [0, 0.05) is 12.1 Å². The Bertz CT molecular complexity index is 741. The Balaban J connectivity index is 2.57. The van der Waals surface area contributed by atoms with E-state index in [1.807, 2.05) is 36.4 Å². The lowest BCUT2D eigenvalue weighted by atomic mass is 10.1. The highest BCUT2D eigenvalue weighted by Gasteiger charge is 2.13. The number of methoxy groups -OCH3 is 1. The van der Waals surface area contributed by atoms with Gasteiger partial charge in [-0.15, -0.1) is 0 Å². The van der Waals surface area contributed by atoms with Crippen molar-refractivity contribution in [1.29, 1.82) is 5.26 Å². The van der Waals surface area contributed by atoms with Crippen molar-refractivity contribution in [2.24, 2.45) is 0 Å². The summed E-state index contributed by atoms with van der Waals surface area (Å²) in [4.78, 5) is 12.5. The molecule has 2 aromatic rings. The Hall–Kier alpha value is -2.54. The van der Waals surface area contributed by atoms with Crippen molar-refractivity contribution in [3.8, 4) is 23.1 Å². The summed E-state index contributed by atoms with van der Waals surface area (Å²) in [5.74, 6) is 0.718. The molecule has 0 saturated carbocycles. The van der Waals surface area contributed by atoms with Crippen LogP contribution in [-0.4, -0.2) is 11.7 Å². The summed E-state index contributed by atoms with van der Waals surface area (Å²) in [7, 11) is 1.61. The number of pyridine rings is 1. The van der Waals surface area contributed by atoms with E-state index in [0.717, 1.165) is 36.3 Å². The zero-order valence-corrected chi connectivity index (χ0v) is 13.0. The second-order valence-electron chi connectivity index (χ2n) is 5.11. The molecule has 0 fully saturated rings. The van der Waals surface area contributed by atoms with Crippen LogP contribution in [0, 0.1) is 11.3 Å². The van der Waals surface area contributed by atoms with E-state index in [4.69, 9.17) is 10.00 Å². The molecular weight excluding hydrogens is 276 g/mol. The van der Waals surface area contributed by atoms with Gasteiger partial charge in [0.15, 0.2) is 0 Å². The van der Waals surface area contributed by atoms with Gasteiger partial charge in [-0.25, -0.2) is 0 Å². The van der Waals surface area contributed by atoms with Crippen LogP contribution < -0.4 is 10.3 Å². The molecule has 0 spiro atoms. The molecule has 0 atom stereocenters. The predicted octanol–water partition coefficient (Wildman–Crippen LogP) is 3.59. The number of nitrogens with zero attached hydrogens (tertiary/aromatic N) is 2. The molecule has 114 valence electrons. The predicted molar refractivity (Wildman–Crippen MR) is 86.9 cm³/mol. The van der Waals surface area contributed by atoms with Gasteiger partial charge in [-0.1, -0.05) is 31.9 Å². The number of ether oxygens (including phenoxy) is 1. The van der Waals surface area contributed by atoms with Gasteiger partial charge in [-0.05, 0) is 30.7 Å². The van der Waals surface area contributed by atoms with Gasteiger partial charge < -0.3 is 9.30 Å². The third-order valence-corrected chi connectivity index (χ3v) is 3.66. The normalized spacial score (nSPS) is 10.2. The molecule has 1 heterocycles. The highest BCUT2D eigenvalue weighted by Crippen LogP contribution is 2.29. The first kappa shape index (κ1) is 15.8. The molecule has 4 nitrogen and oxygen atoms in total. The SMILES string of the molecule is CCCCCn1c(-c2ccccc2OC)ccc(C#N)c1=O. The van der Waals surface area contributed by atoms with Crippen LogP contribution in [0.15, 0.2) is 41.2 Å². The standard InChI is InChI=1S/C18H20N2O2/c1-3-4-7-12-20-16(11-10-14(13-19)18(20)21)15-8-5-6-9-17(15)22-2/h5-6,8-11H,3-4,7,12H2,1-2H3. The number of hydrogen-bond donors (Lipinski definition) is 0. The number of benzene rings is 1. The van der Waals surface area contributed by atoms with Crippen LogP contribution in [0.25, 0.3) is 11.3 Å². The summed E-state index contributed by atoms with van der Waals surface area (Å²) in [5, 5.41) is 9.09. The zero-order chi connectivity index (χ0) is 15.9. The van der Waals surface area contributed by atoms with Crippen LogP contribution in [0.4, 0.5) is 0 Å². The average Bonchev–Trinajstić information content (AvgIpc) is 2.56. The van der Waals surface area contributed by atoms with Crippen LogP contribution in [0.1, 0.15) is 31.7 Å². The highest BCUT2D eigenvalue weighted by molar-refractivity contribution is 5.68. The number of unbranched alkanes of at least 4 members (excludes halogenated alkanes) is 2. The van der Waals surface area contributed by atoms with Crippen LogP contribution >= 0.6 is 0 Å². The quantitative estimate of drug-likeness (QED) is 0.765. The Morgan fingerprint density at radius 3 is 2.64 bits per heavy atom. The number of para-hydroxylation sites is 1. The van der Waals surface area contributed by atoms with Crippen molar-refractivity contribution in [2.75, 3.05) is 7.11 Å². The Morgan fingerprint density at radius 1 is 1.18 bits per heavy atom. The summed E-state index contributed by atoms with van der Waals surface area (Å²) in [6, 6.07) is 13.0. The van der Waals surface area contributed by atoms with E-state index in [1.165, 1.54) is 0 Å². The fourth-order valence-electron chi connectivity index (χ4n) is 2.50. The van der Waals surface area contributed by atoms with Crippen molar-refractivity contribution < 1.29 is 4.74 Å². The second kappa shape index (κ2) is 7.46. The minimum atomic E-state index is -0.234. The van der Waals surface area contributed by atoms with Crippen molar-refractivity contribution in [1.82, 2.24) is 4.57 Å². The van der Waals surface area contributed by atoms with Crippen LogP contribution in [0.2, 0.25) is 0 Å². The smallest absolute Gasteiger partial charge is 0.268 e. The number of hydrogen-bond acceptors (Lipinski definition) is 3. The molecule has 22 heavy (non-hydrogen) atoms. The minimum absolute atomic E-state index is 0.176. The first-order valence-electron chi connectivity index (χ1n) is 7.50. The zero-order valence-electron chi connectivity index (χ0n) is 13.0. The molecule has 0 aliphatic carbocycles. The van der Waals surface area contributed by atoms with Crippen molar-refractivity contribution in [2.45, 2.75) is 32.7 Å². The molecule has 0 aliphatic heterocycles. The molecule has 0 saturated heterocycles. The van der Waals surface area contributed by atoms with E-state index in [2.05, 4.69) is 6.92 Å². The van der Waals surface area contributed by atoms with Gasteiger partial charge >= 0.3 is 0 Å². The van der Waals surface area contributed by atoms with E-state index >= 15 is 0 Å². The van der Waals surface area contributed by atoms with E-state index in [-0.39, 0.29) is 11.1 Å². The van der Waals surface area contributed by atoms with Crippen LogP contribution in [0.3, 0.4) is 0 Å². The van der Waals surface area contributed by atoms with E-state index in [1.54, 1.807) is 17.7 Å².